The van der Waals surface area contributed by atoms with Crippen LogP contribution in [0.1, 0.15) is 46.5 Å². The number of rotatable bonds is 0. The SMILES string of the molecule is CC1(C)CC2CCC1(C)C1OCCC21. The summed E-state index contributed by atoms with van der Waals surface area (Å²) >= 11 is 0. The highest BCUT2D eigenvalue weighted by Crippen LogP contribution is 2.64. The summed E-state index contributed by atoms with van der Waals surface area (Å²) in [4.78, 5) is 0. The van der Waals surface area contributed by atoms with Crippen LogP contribution in [0, 0.1) is 22.7 Å². The first-order valence-corrected chi connectivity index (χ1v) is 6.16. The van der Waals surface area contributed by atoms with Crippen molar-refractivity contribution in [3.63, 3.8) is 0 Å². The lowest BCUT2D eigenvalue weighted by Crippen LogP contribution is -2.58. The molecule has 0 aromatic rings. The number of hydrogen-bond acceptors (Lipinski definition) is 1. The Bertz CT molecular complexity index is 258. The van der Waals surface area contributed by atoms with Crippen LogP contribution in [-0.2, 0) is 4.74 Å². The minimum atomic E-state index is 0.461. The van der Waals surface area contributed by atoms with E-state index >= 15 is 0 Å². The van der Waals surface area contributed by atoms with Crippen LogP contribution in [0.25, 0.3) is 0 Å². The summed E-state index contributed by atoms with van der Waals surface area (Å²) in [5.74, 6) is 1.88. The topological polar surface area (TPSA) is 9.23 Å². The van der Waals surface area contributed by atoms with Crippen LogP contribution in [-0.4, -0.2) is 12.7 Å². The average Bonchev–Trinajstić information content (AvgIpc) is 2.57. The smallest absolute Gasteiger partial charge is 0.0665 e. The Kier molecular flexibility index (Phi) is 1.68. The fraction of sp³-hybridized carbons (Fsp3) is 1.00. The van der Waals surface area contributed by atoms with Crippen molar-refractivity contribution in [3.8, 4) is 0 Å². The molecule has 1 heterocycles. The van der Waals surface area contributed by atoms with E-state index in [1.807, 2.05) is 0 Å². The second kappa shape index (κ2) is 2.55. The molecule has 0 amide bonds. The molecule has 3 saturated carbocycles. The molecule has 4 fully saturated rings. The minimum Gasteiger partial charge on any atom is -0.377 e. The largest absolute Gasteiger partial charge is 0.377 e. The lowest BCUT2D eigenvalue weighted by atomic mass is 9.45. The Morgan fingerprint density at radius 3 is 2.64 bits per heavy atom. The molecule has 0 N–H and O–H groups in total. The van der Waals surface area contributed by atoms with E-state index < -0.39 is 0 Å². The van der Waals surface area contributed by atoms with Gasteiger partial charge in [0.15, 0.2) is 0 Å². The molecule has 80 valence electrons. The summed E-state index contributed by atoms with van der Waals surface area (Å²) in [5, 5.41) is 0. The van der Waals surface area contributed by atoms with E-state index in [2.05, 4.69) is 20.8 Å². The molecule has 0 radical (unpaired) electrons. The lowest BCUT2D eigenvalue weighted by Gasteiger charge is -2.61. The summed E-state index contributed by atoms with van der Waals surface area (Å²) in [6.45, 7) is 8.41. The molecule has 4 aliphatic rings. The van der Waals surface area contributed by atoms with E-state index in [-0.39, 0.29) is 0 Å². The van der Waals surface area contributed by atoms with E-state index in [0.29, 0.717) is 16.9 Å². The second-order valence-electron chi connectivity index (χ2n) is 6.55. The Labute approximate surface area is 87.2 Å². The summed E-state index contributed by atoms with van der Waals surface area (Å²) in [5.41, 5.74) is 0.963. The predicted octanol–water partition coefficient (Wildman–Crippen LogP) is 3.24. The van der Waals surface area contributed by atoms with Gasteiger partial charge in [0.2, 0.25) is 0 Å². The molecule has 0 spiro atoms. The molecule has 1 aliphatic heterocycles. The Hall–Kier alpha value is -0.0400. The van der Waals surface area contributed by atoms with E-state index in [1.165, 1.54) is 25.7 Å². The fourth-order valence-electron chi connectivity index (χ4n) is 4.45. The van der Waals surface area contributed by atoms with E-state index in [1.54, 1.807) is 0 Å². The van der Waals surface area contributed by atoms with Crippen LogP contribution in [0.4, 0.5) is 0 Å². The maximum atomic E-state index is 6.03. The van der Waals surface area contributed by atoms with Crippen LogP contribution in [0.2, 0.25) is 0 Å². The van der Waals surface area contributed by atoms with Gasteiger partial charge >= 0.3 is 0 Å². The molecule has 2 bridgehead atoms. The summed E-state index contributed by atoms with van der Waals surface area (Å²) < 4.78 is 6.03. The van der Waals surface area contributed by atoms with Gasteiger partial charge in [0.25, 0.3) is 0 Å². The van der Waals surface area contributed by atoms with Gasteiger partial charge in [0.1, 0.15) is 0 Å². The minimum absolute atomic E-state index is 0.461. The average molecular weight is 194 g/mol. The standard InChI is InChI=1S/C13H22O/c1-12(2)8-9-4-6-13(12,3)11-10(9)5-7-14-11/h9-11H,4-8H2,1-3H3. The maximum Gasteiger partial charge on any atom is 0.0665 e. The van der Waals surface area contributed by atoms with Gasteiger partial charge in [-0.15, -0.1) is 0 Å². The van der Waals surface area contributed by atoms with Crippen molar-refractivity contribution in [3.05, 3.63) is 0 Å². The van der Waals surface area contributed by atoms with Gasteiger partial charge in [-0.2, -0.15) is 0 Å². The van der Waals surface area contributed by atoms with Crippen LogP contribution in [0.15, 0.2) is 0 Å². The van der Waals surface area contributed by atoms with Crippen molar-refractivity contribution < 1.29 is 4.74 Å². The van der Waals surface area contributed by atoms with Gasteiger partial charge < -0.3 is 4.74 Å². The predicted molar refractivity (Wildman–Crippen MR) is 57.1 cm³/mol. The van der Waals surface area contributed by atoms with Crippen molar-refractivity contribution in [2.45, 2.75) is 52.6 Å². The molecular weight excluding hydrogens is 172 g/mol. The van der Waals surface area contributed by atoms with Crippen molar-refractivity contribution in [2.75, 3.05) is 6.61 Å². The zero-order valence-electron chi connectivity index (χ0n) is 9.68. The fourth-order valence-corrected chi connectivity index (χ4v) is 4.45. The highest BCUT2D eigenvalue weighted by atomic mass is 16.5. The van der Waals surface area contributed by atoms with Crippen molar-refractivity contribution in [2.24, 2.45) is 22.7 Å². The van der Waals surface area contributed by atoms with Crippen LogP contribution in [0.5, 0.6) is 0 Å². The lowest BCUT2D eigenvalue weighted by molar-refractivity contribution is -0.169. The molecule has 0 aromatic carbocycles. The van der Waals surface area contributed by atoms with Gasteiger partial charge in [0.05, 0.1) is 6.10 Å². The third-order valence-electron chi connectivity index (χ3n) is 5.72. The van der Waals surface area contributed by atoms with Crippen molar-refractivity contribution >= 4 is 0 Å². The first-order chi connectivity index (χ1) is 6.55. The Balaban J connectivity index is 2.02. The quantitative estimate of drug-likeness (QED) is 0.575. The highest BCUT2D eigenvalue weighted by molar-refractivity contribution is 5.10. The third kappa shape index (κ3) is 0.900. The molecule has 1 nitrogen and oxygen atoms in total. The monoisotopic (exact) mass is 194 g/mol. The van der Waals surface area contributed by atoms with Gasteiger partial charge in [-0.3, -0.25) is 0 Å². The molecule has 4 atom stereocenters. The van der Waals surface area contributed by atoms with E-state index in [9.17, 15) is 0 Å². The number of hydrogen-bond donors (Lipinski definition) is 0. The van der Waals surface area contributed by atoms with E-state index in [0.717, 1.165) is 18.4 Å². The van der Waals surface area contributed by atoms with Gasteiger partial charge in [-0.1, -0.05) is 20.8 Å². The third-order valence-corrected chi connectivity index (χ3v) is 5.72. The van der Waals surface area contributed by atoms with Crippen LogP contribution >= 0.6 is 0 Å². The Morgan fingerprint density at radius 1 is 1.14 bits per heavy atom. The summed E-state index contributed by atoms with van der Waals surface area (Å²) in [7, 11) is 0. The highest BCUT2D eigenvalue weighted by Gasteiger charge is 2.61. The molecule has 1 heteroatoms. The number of ether oxygens (including phenoxy) is 1. The molecule has 4 unspecified atom stereocenters. The van der Waals surface area contributed by atoms with Crippen LogP contribution in [0.3, 0.4) is 0 Å². The van der Waals surface area contributed by atoms with Gasteiger partial charge in [-0.05, 0) is 48.3 Å². The Morgan fingerprint density at radius 2 is 1.93 bits per heavy atom. The maximum absolute atomic E-state index is 6.03. The van der Waals surface area contributed by atoms with Crippen molar-refractivity contribution in [1.29, 1.82) is 0 Å². The second-order valence-corrected chi connectivity index (χ2v) is 6.55. The number of fused-ring (bicyclic) bond motifs is 2. The van der Waals surface area contributed by atoms with Gasteiger partial charge in [-0.25, -0.2) is 0 Å². The normalized spacial score (nSPS) is 54.6. The first kappa shape index (κ1) is 9.21. The molecule has 4 rings (SSSR count). The van der Waals surface area contributed by atoms with E-state index in [4.69, 9.17) is 4.74 Å². The summed E-state index contributed by atoms with van der Waals surface area (Å²) in [6.07, 6.45) is 6.22. The van der Waals surface area contributed by atoms with Gasteiger partial charge in [0, 0.05) is 6.61 Å². The molecular formula is C13H22O. The molecule has 14 heavy (non-hydrogen) atoms. The molecule has 0 aromatic heterocycles. The molecule has 3 aliphatic carbocycles. The summed E-state index contributed by atoms with van der Waals surface area (Å²) in [6, 6.07) is 0. The van der Waals surface area contributed by atoms with Crippen LogP contribution < -0.4 is 0 Å². The zero-order chi connectivity index (χ0) is 9.97. The van der Waals surface area contributed by atoms with Crippen molar-refractivity contribution in [1.82, 2.24) is 0 Å². The molecule has 1 saturated heterocycles. The zero-order valence-corrected chi connectivity index (χ0v) is 9.68. The first-order valence-electron chi connectivity index (χ1n) is 6.16.